The number of nitrogens with zero attached hydrogens (tertiary/aromatic N) is 2. The molecule has 0 bridgehead atoms. The summed E-state index contributed by atoms with van der Waals surface area (Å²) in [5.74, 6) is 0. The first kappa shape index (κ1) is 35.2. The van der Waals surface area contributed by atoms with Gasteiger partial charge >= 0.3 is 0 Å². The molecular weight excluding hydrogens is 725 g/mol. The molecular formula is C58H40N2. The van der Waals surface area contributed by atoms with Gasteiger partial charge in [0.1, 0.15) is 0 Å². The topological polar surface area (TPSA) is 8.17 Å². The molecule has 0 aliphatic rings. The predicted octanol–water partition coefficient (Wildman–Crippen LogP) is 16.1. The fourth-order valence-corrected chi connectivity index (χ4v) is 9.01. The van der Waals surface area contributed by atoms with Crippen molar-refractivity contribution in [2.45, 2.75) is 0 Å². The molecule has 2 heteroatoms. The Bertz CT molecular complexity index is 3290. The Morgan fingerprint density at radius 1 is 0.300 bits per heavy atom. The minimum absolute atomic E-state index is 1.09. The summed E-state index contributed by atoms with van der Waals surface area (Å²) in [5, 5.41) is 4.96. The van der Waals surface area contributed by atoms with Crippen molar-refractivity contribution >= 4 is 49.6 Å². The molecule has 11 rings (SSSR count). The van der Waals surface area contributed by atoms with Gasteiger partial charge < -0.3 is 9.47 Å². The van der Waals surface area contributed by atoms with Crippen LogP contribution in [0.25, 0.3) is 82.8 Å². The van der Waals surface area contributed by atoms with Crippen LogP contribution >= 0.6 is 0 Å². The standard InChI is InChI=1S/C58H40N2/c1-4-18-41(19-5-1)50-28-12-13-29-51(50)43-34-36-48(37-35-43)59(55-32-15-14-30-52(55)42-20-6-2-7-21-42)49-27-16-24-46(38-49)53-31-17-33-56-58(53)54-39-44-22-10-11-23-45(44)40-57(54)60(56)47-25-8-3-9-26-47/h1-40H. The third-order valence-corrected chi connectivity index (χ3v) is 11.8. The van der Waals surface area contributed by atoms with E-state index in [1.165, 1.54) is 71.5 Å². The molecule has 11 aromatic rings. The van der Waals surface area contributed by atoms with Gasteiger partial charge in [-0.3, -0.25) is 0 Å². The van der Waals surface area contributed by atoms with E-state index < -0.39 is 0 Å². The van der Waals surface area contributed by atoms with Crippen LogP contribution in [0.5, 0.6) is 0 Å². The monoisotopic (exact) mass is 764 g/mol. The molecule has 0 spiro atoms. The second kappa shape index (κ2) is 15.1. The highest BCUT2D eigenvalue weighted by Crippen LogP contribution is 2.45. The van der Waals surface area contributed by atoms with Gasteiger partial charge in [0, 0.05) is 33.4 Å². The molecule has 0 fully saturated rings. The first-order valence-corrected chi connectivity index (χ1v) is 20.6. The lowest BCUT2D eigenvalue weighted by Gasteiger charge is -2.28. The van der Waals surface area contributed by atoms with Crippen LogP contribution in [0.4, 0.5) is 17.1 Å². The zero-order valence-electron chi connectivity index (χ0n) is 33.0. The molecule has 1 heterocycles. The third-order valence-electron chi connectivity index (χ3n) is 11.8. The number of fused-ring (bicyclic) bond motifs is 4. The van der Waals surface area contributed by atoms with Crippen molar-refractivity contribution in [3.05, 3.63) is 243 Å². The van der Waals surface area contributed by atoms with E-state index in [1.807, 2.05) is 0 Å². The Morgan fingerprint density at radius 2 is 0.817 bits per heavy atom. The van der Waals surface area contributed by atoms with Crippen LogP contribution in [0.3, 0.4) is 0 Å². The number of aromatic nitrogens is 1. The summed E-state index contributed by atoms with van der Waals surface area (Å²) in [4.78, 5) is 2.42. The maximum Gasteiger partial charge on any atom is 0.0547 e. The van der Waals surface area contributed by atoms with Crippen molar-refractivity contribution in [1.82, 2.24) is 4.57 Å². The Labute approximate surface area is 350 Å². The van der Waals surface area contributed by atoms with Crippen molar-refractivity contribution in [2.75, 3.05) is 4.90 Å². The van der Waals surface area contributed by atoms with E-state index in [0.29, 0.717) is 0 Å². The molecule has 0 aliphatic heterocycles. The maximum atomic E-state index is 2.42. The van der Waals surface area contributed by atoms with Crippen LogP contribution in [-0.2, 0) is 0 Å². The number of benzene rings is 10. The normalized spacial score (nSPS) is 11.3. The highest BCUT2D eigenvalue weighted by atomic mass is 15.1. The summed E-state index contributed by atoms with van der Waals surface area (Å²) in [6.45, 7) is 0. The SMILES string of the molecule is c1ccc(-c2ccccc2-c2ccc(N(c3cccc(-c4cccc5c4c4cc6ccccc6cc4n5-c4ccccc4)c3)c3ccccc3-c3ccccc3)cc2)cc1. The van der Waals surface area contributed by atoms with Gasteiger partial charge in [-0.1, -0.05) is 182 Å². The predicted molar refractivity (Wildman–Crippen MR) is 255 cm³/mol. The van der Waals surface area contributed by atoms with Crippen molar-refractivity contribution in [3.63, 3.8) is 0 Å². The third kappa shape index (κ3) is 6.23. The van der Waals surface area contributed by atoms with Gasteiger partial charge in [-0.05, 0) is 110 Å². The van der Waals surface area contributed by atoms with Crippen LogP contribution in [0.15, 0.2) is 243 Å². The number of hydrogen-bond donors (Lipinski definition) is 0. The van der Waals surface area contributed by atoms with Crippen molar-refractivity contribution in [2.24, 2.45) is 0 Å². The van der Waals surface area contributed by atoms with Gasteiger partial charge in [0.25, 0.3) is 0 Å². The number of hydrogen-bond acceptors (Lipinski definition) is 1. The molecule has 0 atom stereocenters. The highest BCUT2D eigenvalue weighted by molar-refractivity contribution is 6.18. The minimum Gasteiger partial charge on any atom is -0.310 e. The lowest BCUT2D eigenvalue weighted by atomic mass is 9.94. The fraction of sp³-hybridized carbons (Fsp3) is 0. The summed E-state index contributed by atoms with van der Waals surface area (Å²) < 4.78 is 2.42. The van der Waals surface area contributed by atoms with Crippen LogP contribution in [0.1, 0.15) is 0 Å². The number of anilines is 3. The largest absolute Gasteiger partial charge is 0.310 e. The van der Waals surface area contributed by atoms with E-state index in [2.05, 4.69) is 252 Å². The summed E-state index contributed by atoms with van der Waals surface area (Å²) in [5.41, 5.74) is 16.4. The first-order valence-electron chi connectivity index (χ1n) is 20.6. The number of para-hydroxylation sites is 2. The molecule has 0 aliphatic carbocycles. The Morgan fingerprint density at radius 3 is 1.52 bits per heavy atom. The first-order chi connectivity index (χ1) is 29.8. The average Bonchev–Trinajstić information content (AvgIpc) is 3.65. The van der Waals surface area contributed by atoms with E-state index in [1.54, 1.807) is 0 Å². The second-order valence-electron chi connectivity index (χ2n) is 15.3. The average molecular weight is 765 g/mol. The van der Waals surface area contributed by atoms with Crippen LogP contribution in [0.2, 0.25) is 0 Å². The lowest BCUT2D eigenvalue weighted by molar-refractivity contribution is 1.18. The van der Waals surface area contributed by atoms with Gasteiger partial charge in [-0.25, -0.2) is 0 Å². The summed E-state index contributed by atoms with van der Waals surface area (Å²) in [7, 11) is 0. The molecule has 0 saturated carbocycles. The molecule has 0 N–H and O–H groups in total. The van der Waals surface area contributed by atoms with Crippen LogP contribution in [0, 0.1) is 0 Å². The summed E-state index contributed by atoms with van der Waals surface area (Å²) >= 11 is 0. The molecule has 2 nitrogen and oxygen atoms in total. The van der Waals surface area contributed by atoms with Crippen molar-refractivity contribution in [1.29, 1.82) is 0 Å². The Balaban J connectivity index is 1.10. The van der Waals surface area contributed by atoms with Crippen molar-refractivity contribution in [3.8, 4) is 50.2 Å². The maximum absolute atomic E-state index is 2.42. The fourth-order valence-electron chi connectivity index (χ4n) is 9.01. The minimum atomic E-state index is 1.09. The van der Waals surface area contributed by atoms with Crippen LogP contribution < -0.4 is 4.90 Å². The summed E-state index contributed by atoms with van der Waals surface area (Å²) in [6.07, 6.45) is 0. The van der Waals surface area contributed by atoms with E-state index in [-0.39, 0.29) is 0 Å². The van der Waals surface area contributed by atoms with E-state index in [4.69, 9.17) is 0 Å². The molecule has 0 saturated heterocycles. The zero-order chi connectivity index (χ0) is 39.8. The lowest BCUT2D eigenvalue weighted by Crippen LogP contribution is -2.11. The smallest absolute Gasteiger partial charge is 0.0547 e. The van der Waals surface area contributed by atoms with E-state index >= 15 is 0 Å². The molecule has 1 aromatic heterocycles. The van der Waals surface area contributed by atoms with E-state index in [0.717, 1.165) is 28.3 Å². The Hall–Kier alpha value is -7.94. The van der Waals surface area contributed by atoms with E-state index in [9.17, 15) is 0 Å². The molecule has 282 valence electrons. The highest BCUT2D eigenvalue weighted by Gasteiger charge is 2.21. The van der Waals surface area contributed by atoms with Gasteiger partial charge in [0.05, 0.1) is 16.7 Å². The Kier molecular flexibility index (Phi) is 8.87. The van der Waals surface area contributed by atoms with Crippen LogP contribution in [-0.4, -0.2) is 4.57 Å². The van der Waals surface area contributed by atoms with Gasteiger partial charge in [-0.15, -0.1) is 0 Å². The molecule has 0 unspecified atom stereocenters. The quantitative estimate of drug-likeness (QED) is 0.150. The molecule has 0 amide bonds. The molecule has 0 radical (unpaired) electrons. The van der Waals surface area contributed by atoms with Crippen molar-refractivity contribution < 1.29 is 0 Å². The number of rotatable bonds is 8. The van der Waals surface area contributed by atoms with Gasteiger partial charge in [-0.2, -0.15) is 0 Å². The molecule has 10 aromatic carbocycles. The second-order valence-corrected chi connectivity index (χ2v) is 15.3. The zero-order valence-corrected chi connectivity index (χ0v) is 33.0. The van der Waals surface area contributed by atoms with Gasteiger partial charge in [0.15, 0.2) is 0 Å². The summed E-state index contributed by atoms with van der Waals surface area (Å²) in [6, 6.07) is 87.9. The van der Waals surface area contributed by atoms with Gasteiger partial charge in [0.2, 0.25) is 0 Å². The molecule has 60 heavy (non-hydrogen) atoms.